The molecule has 0 aromatic carbocycles. The molecule has 2 aromatic heterocycles. The molecule has 0 saturated carbocycles. The minimum absolute atomic E-state index is 0.108. The summed E-state index contributed by atoms with van der Waals surface area (Å²) in [5.41, 5.74) is 1.49. The van der Waals surface area contributed by atoms with Gasteiger partial charge in [0.15, 0.2) is 17.0 Å². The predicted molar refractivity (Wildman–Crippen MR) is 106 cm³/mol. The number of nitrogens with zero attached hydrogens (tertiary/aromatic N) is 5. The number of rotatable bonds is 7. The molecule has 4 rings (SSSR count). The fraction of sp³-hybridized carbons (Fsp3) is 0.700. The number of anilines is 1. The second-order valence-electron chi connectivity index (χ2n) is 7.87. The third-order valence-electron chi connectivity index (χ3n) is 6.02. The Morgan fingerprint density at radius 2 is 2.28 bits per heavy atom. The number of imidazole rings is 1. The zero-order valence-corrected chi connectivity index (χ0v) is 16.9. The average Bonchev–Trinajstić information content (AvgIpc) is 3.42. The molecule has 4 heterocycles. The molecule has 0 spiro atoms. The topological polar surface area (TPSA) is 103 Å². The van der Waals surface area contributed by atoms with Crippen LogP contribution in [0.1, 0.15) is 26.2 Å². The number of ether oxygens (including phenoxy) is 2. The fourth-order valence-corrected chi connectivity index (χ4v) is 4.39. The Morgan fingerprint density at radius 1 is 1.38 bits per heavy atom. The Balaban J connectivity index is 1.55. The minimum atomic E-state index is -0.142. The summed E-state index contributed by atoms with van der Waals surface area (Å²) in [5.74, 6) is 0.935. The lowest BCUT2D eigenvalue weighted by molar-refractivity contribution is -0.148. The minimum Gasteiger partial charge on any atom is -0.466 e. The van der Waals surface area contributed by atoms with Gasteiger partial charge in [-0.05, 0) is 32.1 Å². The van der Waals surface area contributed by atoms with Gasteiger partial charge in [-0.25, -0.2) is 15.0 Å². The highest BCUT2D eigenvalue weighted by atomic mass is 16.5. The number of esters is 1. The number of hydrogen-bond acceptors (Lipinski definition) is 8. The highest BCUT2D eigenvalue weighted by Gasteiger charge is 2.30. The van der Waals surface area contributed by atoms with Gasteiger partial charge in [0, 0.05) is 45.4 Å². The van der Waals surface area contributed by atoms with Gasteiger partial charge in [-0.15, -0.1) is 0 Å². The summed E-state index contributed by atoms with van der Waals surface area (Å²) in [6.07, 6.45) is 6.04. The second kappa shape index (κ2) is 9.04. The Labute approximate surface area is 170 Å². The highest BCUT2D eigenvalue weighted by molar-refractivity contribution is 5.84. The van der Waals surface area contributed by atoms with Crippen LogP contribution in [0, 0.1) is 17.8 Å². The number of aromatic nitrogens is 4. The summed E-state index contributed by atoms with van der Waals surface area (Å²) in [7, 11) is 0. The standard InChI is InChI=1S/C20H29N5O4/c1-2-29-20(27)14-4-3-6-24(8-14)18-17-19(22-12-21-18)25(13-23-17)9-16(10-26)15-5-7-28-11-15/h12-16,26H,2-11H2,1H3/t14-,15?,16?/m1/s1. The molecule has 29 heavy (non-hydrogen) atoms. The third kappa shape index (κ3) is 4.20. The summed E-state index contributed by atoms with van der Waals surface area (Å²) >= 11 is 0. The molecule has 2 fully saturated rings. The molecule has 0 bridgehead atoms. The molecule has 0 amide bonds. The first-order valence-corrected chi connectivity index (χ1v) is 10.5. The number of aliphatic hydroxyl groups is 1. The zero-order valence-electron chi connectivity index (χ0n) is 16.9. The van der Waals surface area contributed by atoms with Crippen molar-refractivity contribution in [2.75, 3.05) is 44.4 Å². The number of hydrogen-bond donors (Lipinski definition) is 1. The van der Waals surface area contributed by atoms with Gasteiger partial charge >= 0.3 is 5.97 Å². The largest absolute Gasteiger partial charge is 0.466 e. The maximum Gasteiger partial charge on any atom is 0.310 e. The summed E-state index contributed by atoms with van der Waals surface area (Å²) in [5, 5.41) is 9.87. The summed E-state index contributed by atoms with van der Waals surface area (Å²) in [6, 6.07) is 0. The zero-order chi connectivity index (χ0) is 20.2. The van der Waals surface area contributed by atoms with Crippen LogP contribution < -0.4 is 4.90 Å². The lowest BCUT2D eigenvalue weighted by atomic mass is 9.92. The van der Waals surface area contributed by atoms with Crippen molar-refractivity contribution in [1.29, 1.82) is 0 Å². The molecule has 2 aromatic rings. The molecule has 0 radical (unpaired) electrons. The first kappa shape index (κ1) is 20.0. The highest BCUT2D eigenvalue weighted by Crippen LogP contribution is 2.29. The molecule has 0 aliphatic carbocycles. The maximum absolute atomic E-state index is 12.2. The van der Waals surface area contributed by atoms with Crippen molar-refractivity contribution in [2.24, 2.45) is 17.8 Å². The van der Waals surface area contributed by atoms with Crippen molar-refractivity contribution >= 4 is 23.0 Å². The molecular formula is C20H29N5O4. The first-order valence-electron chi connectivity index (χ1n) is 10.5. The summed E-state index contributed by atoms with van der Waals surface area (Å²) in [4.78, 5) is 27.8. The van der Waals surface area contributed by atoms with Crippen molar-refractivity contribution < 1.29 is 19.4 Å². The van der Waals surface area contributed by atoms with E-state index in [1.165, 1.54) is 0 Å². The number of aliphatic hydroxyl groups excluding tert-OH is 1. The number of carbonyl (C=O) groups excluding carboxylic acids is 1. The van der Waals surface area contributed by atoms with E-state index in [-0.39, 0.29) is 24.4 Å². The van der Waals surface area contributed by atoms with Gasteiger partial charge in [-0.1, -0.05) is 0 Å². The van der Waals surface area contributed by atoms with Gasteiger partial charge in [0.1, 0.15) is 6.33 Å². The van der Waals surface area contributed by atoms with Gasteiger partial charge < -0.3 is 24.0 Å². The van der Waals surface area contributed by atoms with E-state index in [0.29, 0.717) is 32.2 Å². The summed E-state index contributed by atoms with van der Waals surface area (Å²) in [6.45, 7) is 5.84. The van der Waals surface area contributed by atoms with Crippen LogP contribution >= 0.6 is 0 Å². The van der Waals surface area contributed by atoms with Crippen LogP contribution in [-0.2, 0) is 20.8 Å². The van der Waals surface area contributed by atoms with Crippen LogP contribution in [0.5, 0.6) is 0 Å². The Hall–Kier alpha value is -2.26. The molecule has 2 aliphatic rings. The molecule has 2 saturated heterocycles. The number of fused-ring (bicyclic) bond motifs is 1. The molecule has 1 N–H and O–H groups in total. The van der Waals surface area contributed by atoms with Crippen LogP contribution in [0.25, 0.3) is 11.2 Å². The van der Waals surface area contributed by atoms with Crippen molar-refractivity contribution in [2.45, 2.75) is 32.7 Å². The lowest BCUT2D eigenvalue weighted by Gasteiger charge is -2.32. The van der Waals surface area contributed by atoms with Crippen LogP contribution in [0.2, 0.25) is 0 Å². The van der Waals surface area contributed by atoms with E-state index in [2.05, 4.69) is 19.9 Å². The Morgan fingerprint density at radius 3 is 3.03 bits per heavy atom. The lowest BCUT2D eigenvalue weighted by Crippen LogP contribution is -2.40. The van der Waals surface area contributed by atoms with E-state index in [4.69, 9.17) is 9.47 Å². The molecule has 9 nitrogen and oxygen atoms in total. The molecule has 2 aliphatic heterocycles. The van der Waals surface area contributed by atoms with Gasteiger partial charge in [-0.2, -0.15) is 0 Å². The second-order valence-corrected chi connectivity index (χ2v) is 7.87. The smallest absolute Gasteiger partial charge is 0.310 e. The van der Waals surface area contributed by atoms with Crippen LogP contribution in [0.15, 0.2) is 12.7 Å². The van der Waals surface area contributed by atoms with E-state index < -0.39 is 0 Å². The first-order chi connectivity index (χ1) is 14.2. The van der Waals surface area contributed by atoms with E-state index in [1.807, 2.05) is 11.5 Å². The van der Waals surface area contributed by atoms with Crippen LogP contribution in [-0.4, -0.2) is 70.1 Å². The quantitative estimate of drug-likeness (QED) is 0.689. The maximum atomic E-state index is 12.2. The number of piperidine rings is 1. The molecule has 3 atom stereocenters. The van der Waals surface area contributed by atoms with Gasteiger partial charge in [-0.3, -0.25) is 4.79 Å². The van der Waals surface area contributed by atoms with Crippen LogP contribution in [0.4, 0.5) is 5.82 Å². The van der Waals surface area contributed by atoms with E-state index in [1.54, 1.807) is 12.7 Å². The van der Waals surface area contributed by atoms with Gasteiger partial charge in [0.2, 0.25) is 0 Å². The molecule has 158 valence electrons. The normalized spacial score (nSPS) is 23.4. The van der Waals surface area contributed by atoms with Gasteiger partial charge in [0.25, 0.3) is 0 Å². The average molecular weight is 403 g/mol. The molecular weight excluding hydrogens is 374 g/mol. The van der Waals surface area contributed by atoms with Gasteiger partial charge in [0.05, 0.1) is 18.9 Å². The predicted octanol–water partition coefficient (Wildman–Crippen LogP) is 1.25. The Bertz CT molecular complexity index is 835. The van der Waals surface area contributed by atoms with E-state index >= 15 is 0 Å². The SMILES string of the molecule is CCOC(=O)[C@@H]1CCCN(c2ncnc3c2ncn3CC(CO)C2CCOC2)C1. The van der Waals surface area contributed by atoms with Crippen LogP contribution in [0.3, 0.4) is 0 Å². The fourth-order valence-electron chi connectivity index (χ4n) is 4.39. The number of carbonyl (C=O) groups is 1. The molecule has 2 unspecified atom stereocenters. The monoisotopic (exact) mass is 403 g/mol. The van der Waals surface area contributed by atoms with Crippen molar-refractivity contribution in [3.8, 4) is 0 Å². The van der Waals surface area contributed by atoms with E-state index in [0.717, 1.165) is 49.4 Å². The van der Waals surface area contributed by atoms with Crippen molar-refractivity contribution in [1.82, 2.24) is 19.5 Å². The van der Waals surface area contributed by atoms with E-state index in [9.17, 15) is 9.90 Å². The van der Waals surface area contributed by atoms with Crippen molar-refractivity contribution in [3.63, 3.8) is 0 Å². The third-order valence-corrected chi connectivity index (χ3v) is 6.02. The Kier molecular flexibility index (Phi) is 6.25. The van der Waals surface area contributed by atoms with Crippen molar-refractivity contribution in [3.05, 3.63) is 12.7 Å². The molecule has 9 heteroatoms. The summed E-state index contributed by atoms with van der Waals surface area (Å²) < 4.78 is 12.7.